The molecule has 2 N–H and O–H groups in total. The molecule has 0 radical (unpaired) electrons. The van der Waals surface area contributed by atoms with Gasteiger partial charge in [0.15, 0.2) is 0 Å². The Morgan fingerprint density at radius 1 is 1.57 bits per heavy atom. The molecule has 0 saturated heterocycles. The standard InChI is InChI=1S/C10H13NO3/c1-8-3-2-4-9(7-8)14-6-5-11-10(12)13/h2-4,7,11H,5-6H2,1H3,(H,12,13). The minimum atomic E-state index is -1.03. The van der Waals surface area contributed by atoms with Crippen molar-refractivity contribution < 1.29 is 14.6 Å². The van der Waals surface area contributed by atoms with E-state index in [1.54, 1.807) is 0 Å². The smallest absolute Gasteiger partial charge is 0.404 e. The first-order valence-corrected chi connectivity index (χ1v) is 4.35. The molecule has 0 bridgehead atoms. The summed E-state index contributed by atoms with van der Waals surface area (Å²) >= 11 is 0. The van der Waals surface area contributed by atoms with Crippen molar-refractivity contribution >= 4 is 6.09 Å². The first-order chi connectivity index (χ1) is 6.68. The lowest BCUT2D eigenvalue weighted by Gasteiger charge is -2.06. The largest absolute Gasteiger partial charge is 0.492 e. The quantitative estimate of drug-likeness (QED) is 0.718. The monoisotopic (exact) mass is 195 g/mol. The van der Waals surface area contributed by atoms with Crippen molar-refractivity contribution in [1.29, 1.82) is 0 Å². The van der Waals surface area contributed by atoms with Crippen molar-refractivity contribution in [3.63, 3.8) is 0 Å². The third-order valence-corrected chi connectivity index (χ3v) is 1.64. The summed E-state index contributed by atoms with van der Waals surface area (Å²) in [4.78, 5) is 10.1. The van der Waals surface area contributed by atoms with E-state index in [0.29, 0.717) is 13.2 Å². The van der Waals surface area contributed by atoms with Gasteiger partial charge in [0, 0.05) is 0 Å². The summed E-state index contributed by atoms with van der Waals surface area (Å²) in [6.45, 7) is 2.61. The Morgan fingerprint density at radius 3 is 3.00 bits per heavy atom. The van der Waals surface area contributed by atoms with Crippen molar-refractivity contribution in [3.05, 3.63) is 29.8 Å². The molecular formula is C10H13NO3. The SMILES string of the molecule is Cc1cccc(OCCNC(=O)O)c1. The number of ether oxygens (including phenoxy) is 1. The van der Waals surface area contributed by atoms with Crippen LogP contribution in [0.25, 0.3) is 0 Å². The predicted octanol–water partition coefficient (Wildman–Crippen LogP) is 1.64. The minimum absolute atomic E-state index is 0.295. The minimum Gasteiger partial charge on any atom is -0.492 e. The Balaban J connectivity index is 2.28. The lowest BCUT2D eigenvalue weighted by molar-refractivity contribution is 0.191. The fraction of sp³-hybridized carbons (Fsp3) is 0.300. The zero-order valence-corrected chi connectivity index (χ0v) is 7.99. The van der Waals surface area contributed by atoms with E-state index in [-0.39, 0.29) is 0 Å². The maximum Gasteiger partial charge on any atom is 0.404 e. The van der Waals surface area contributed by atoms with Gasteiger partial charge in [0.1, 0.15) is 12.4 Å². The van der Waals surface area contributed by atoms with Gasteiger partial charge in [0.05, 0.1) is 6.54 Å². The van der Waals surface area contributed by atoms with Crippen LogP contribution in [-0.2, 0) is 0 Å². The average molecular weight is 195 g/mol. The van der Waals surface area contributed by atoms with E-state index in [4.69, 9.17) is 9.84 Å². The maximum atomic E-state index is 10.1. The molecule has 0 saturated carbocycles. The van der Waals surface area contributed by atoms with Crippen molar-refractivity contribution in [1.82, 2.24) is 5.32 Å². The molecule has 0 unspecified atom stereocenters. The number of hydrogen-bond donors (Lipinski definition) is 2. The fourth-order valence-corrected chi connectivity index (χ4v) is 1.03. The van der Waals surface area contributed by atoms with Gasteiger partial charge in [0.2, 0.25) is 0 Å². The molecular weight excluding hydrogens is 182 g/mol. The summed E-state index contributed by atoms with van der Waals surface area (Å²) in [6.07, 6.45) is -1.03. The second-order valence-corrected chi connectivity index (χ2v) is 2.90. The van der Waals surface area contributed by atoms with Crippen LogP contribution in [0.1, 0.15) is 5.56 Å². The van der Waals surface area contributed by atoms with E-state index in [1.165, 1.54) is 0 Å². The van der Waals surface area contributed by atoms with Crippen molar-refractivity contribution in [2.45, 2.75) is 6.92 Å². The van der Waals surface area contributed by atoms with E-state index < -0.39 is 6.09 Å². The number of nitrogens with one attached hydrogen (secondary N) is 1. The Hall–Kier alpha value is -1.71. The van der Waals surface area contributed by atoms with Crippen LogP contribution in [0.2, 0.25) is 0 Å². The van der Waals surface area contributed by atoms with Crippen LogP contribution < -0.4 is 10.1 Å². The Morgan fingerprint density at radius 2 is 2.36 bits per heavy atom. The number of carbonyl (C=O) groups is 1. The molecule has 0 fully saturated rings. The van der Waals surface area contributed by atoms with Gasteiger partial charge in [-0.2, -0.15) is 0 Å². The Labute approximate surface area is 82.5 Å². The highest BCUT2D eigenvalue weighted by atomic mass is 16.5. The van der Waals surface area contributed by atoms with E-state index in [9.17, 15) is 4.79 Å². The summed E-state index contributed by atoms with van der Waals surface area (Å²) in [5.41, 5.74) is 1.12. The first kappa shape index (κ1) is 10.4. The molecule has 4 nitrogen and oxygen atoms in total. The highest BCUT2D eigenvalue weighted by Crippen LogP contribution is 2.11. The molecule has 4 heteroatoms. The number of aryl methyl sites for hydroxylation is 1. The lowest BCUT2D eigenvalue weighted by Crippen LogP contribution is -2.26. The van der Waals surface area contributed by atoms with Gasteiger partial charge in [-0.15, -0.1) is 0 Å². The lowest BCUT2D eigenvalue weighted by atomic mass is 10.2. The summed E-state index contributed by atoms with van der Waals surface area (Å²) in [5.74, 6) is 0.761. The van der Waals surface area contributed by atoms with Crippen molar-refractivity contribution in [3.8, 4) is 5.75 Å². The Bertz CT molecular complexity index is 312. The van der Waals surface area contributed by atoms with Crippen molar-refractivity contribution in [2.75, 3.05) is 13.2 Å². The zero-order chi connectivity index (χ0) is 10.4. The maximum absolute atomic E-state index is 10.1. The number of amides is 1. The molecule has 0 aromatic heterocycles. The van der Waals surface area contributed by atoms with Crippen LogP contribution in [0.15, 0.2) is 24.3 Å². The van der Waals surface area contributed by atoms with Gasteiger partial charge in [0.25, 0.3) is 0 Å². The molecule has 1 rings (SSSR count). The Kier molecular flexibility index (Phi) is 3.79. The van der Waals surface area contributed by atoms with Crippen LogP contribution in [0, 0.1) is 6.92 Å². The molecule has 0 aliphatic heterocycles. The van der Waals surface area contributed by atoms with Gasteiger partial charge in [-0.25, -0.2) is 4.79 Å². The summed E-state index contributed by atoms with van der Waals surface area (Å²) < 4.78 is 5.31. The van der Waals surface area contributed by atoms with E-state index >= 15 is 0 Å². The highest BCUT2D eigenvalue weighted by molar-refractivity contribution is 5.64. The summed E-state index contributed by atoms with van der Waals surface area (Å²) in [6, 6.07) is 7.62. The number of rotatable bonds is 4. The van der Waals surface area contributed by atoms with E-state index in [1.807, 2.05) is 31.2 Å². The first-order valence-electron chi connectivity index (χ1n) is 4.35. The third kappa shape index (κ3) is 3.80. The van der Waals surface area contributed by atoms with Gasteiger partial charge in [-0.3, -0.25) is 0 Å². The van der Waals surface area contributed by atoms with Crippen LogP contribution in [-0.4, -0.2) is 24.4 Å². The second kappa shape index (κ2) is 5.11. The third-order valence-electron chi connectivity index (χ3n) is 1.64. The predicted molar refractivity (Wildman–Crippen MR) is 52.7 cm³/mol. The normalized spacial score (nSPS) is 9.50. The molecule has 0 spiro atoms. The number of carboxylic acid groups (broad SMARTS) is 1. The molecule has 76 valence electrons. The molecule has 1 amide bonds. The second-order valence-electron chi connectivity index (χ2n) is 2.90. The molecule has 0 heterocycles. The van der Waals surface area contributed by atoms with Crippen LogP contribution in [0.4, 0.5) is 4.79 Å². The van der Waals surface area contributed by atoms with Crippen molar-refractivity contribution in [2.24, 2.45) is 0 Å². The van der Waals surface area contributed by atoms with Gasteiger partial charge in [-0.1, -0.05) is 12.1 Å². The molecule has 0 aliphatic rings. The molecule has 0 aliphatic carbocycles. The van der Waals surface area contributed by atoms with E-state index in [0.717, 1.165) is 11.3 Å². The average Bonchev–Trinajstić information content (AvgIpc) is 2.12. The number of benzene rings is 1. The van der Waals surface area contributed by atoms with Gasteiger partial charge >= 0.3 is 6.09 Å². The topological polar surface area (TPSA) is 58.6 Å². The van der Waals surface area contributed by atoms with Crippen LogP contribution in [0.3, 0.4) is 0 Å². The van der Waals surface area contributed by atoms with Gasteiger partial charge < -0.3 is 15.2 Å². The van der Waals surface area contributed by atoms with Crippen LogP contribution >= 0.6 is 0 Å². The van der Waals surface area contributed by atoms with Gasteiger partial charge in [-0.05, 0) is 24.6 Å². The van der Waals surface area contributed by atoms with E-state index in [2.05, 4.69) is 5.32 Å². The summed E-state index contributed by atoms with van der Waals surface area (Å²) in [7, 11) is 0. The van der Waals surface area contributed by atoms with Crippen LogP contribution in [0.5, 0.6) is 5.75 Å². The summed E-state index contributed by atoms with van der Waals surface area (Å²) in [5, 5.41) is 10.5. The molecule has 1 aromatic rings. The zero-order valence-electron chi connectivity index (χ0n) is 7.99. The molecule has 1 aromatic carbocycles. The highest BCUT2D eigenvalue weighted by Gasteiger charge is 1.95. The molecule has 14 heavy (non-hydrogen) atoms. The molecule has 0 atom stereocenters. The fourth-order valence-electron chi connectivity index (χ4n) is 1.03. The number of hydrogen-bond acceptors (Lipinski definition) is 2.